The van der Waals surface area contributed by atoms with Crippen LogP contribution in [0.25, 0.3) is 11.7 Å². The van der Waals surface area contributed by atoms with Crippen molar-refractivity contribution < 1.29 is 19.4 Å². The Labute approximate surface area is 197 Å². The summed E-state index contributed by atoms with van der Waals surface area (Å²) in [5.74, 6) is -0.752. The predicted molar refractivity (Wildman–Crippen MR) is 125 cm³/mol. The molecule has 2 aromatic rings. The second-order valence-corrected chi connectivity index (χ2v) is 10.0. The van der Waals surface area contributed by atoms with Gasteiger partial charge in [0.15, 0.2) is 5.56 Å². The van der Waals surface area contributed by atoms with Crippen molar-refractivity contribution in [1.82, 2.24) is 24.4 Å². The number of carbonyl (C=O) groups excluding carboxylic acids is 2. The van der Waals surface area contributed by atoms with Gasteiger partial charge < -0.3 is 20.1 Å². The molecule has 34 heavy (non-hydrogen) atoms. The molecule has 3 fully saturated rings. The zero-order valence-corrected chi connectivity index (χ0v) is 19.6. The number of hydrogen-bond acceptors (Lipinski definition) is 6. The number of rotatable bonds is 7. The first-order chi connectivity index (χ1) is 16.3. The average molecular weight is 470 g/mol. The molecule has 0 unspecified atom stereocenters. The van der Waals surface area contributed by atoms with Gasteiger partial charge >= 0.3 is 0 Å². The lowest BCUT2D eigenvalue weighted by atomic mass is 10.1. The highest BCUT2D eigenvalue weighted by Crippen LogP contribution is 2.43. The van der Waals surface area contributed by atoms with Crippen LogP contribution in [0.4, 0.5) is 0 Å². The van der Waals surface area contributed by atoms with Crippen molar-refractivity contribution in [2.75, 3.05) is 19.8 Å². The van der Waals surface area contributed by atoms with Crippen LogP contribution in [0.2, 0.25) is 0 Å². The van der Waals surface area contributed by atoms with Crippen LogP contribution >= 0.6 is 0 Å². The zero-order chi connectivity index (χ0) is 24.0. The van der Waals surface area contributed by atoms with Gasteiger partial charge in [-0.1, -0.05) is 26.0 Å². The van der Waals surface area contributed by atoms with Crippen molar-refractivity contribution in [1.29, 1.82) is 0 Å². The molecular weight excluding hydrogens is 438 g/mol. The Bertz CT molecular complexity index is 1220. The van der Waals surface area contributed by atoms with Gasteiger partial charge in [-0.25, -0.2) is 0 Å². The maximum Gasteiger partial charge on any atom is 0.291 e. The van der Waals surface area contributed by atoms with Crippen molar-refractivity contribution >= 4 is 23.5 Å². The summed E-state index contributed by atoms with van der Waals surface area (Å²) >= 11 is 0. The van der Waals surface area contributed by atoms with Crippen LogP contribution in [-0.4, -0.2) is 67.3 Å². The molecule has 3 aliphatic rings. The van der Waals surface area contributed by atoms with Crippen LogP contribution in [0, 0.1) is 5.92 Å². The van der Waals surface area contributed by atoms with Gasteiger partial charge in [0, 0.05) is 31.1 Å². The first-order valence-corrected chi connectivity index (χ1v) is 12.0. The van der Waals surface area contributed by atoms with E-state index in [9.17, 15) is 19.5 Å². The lowest BCUT2D eigenvalue weighted by molar-refractivity contribution is -0.140. The number of morpholine rings is 1. The van der Waals surface area contributed by atoms with Crippen LogP contribution in [0.15, 0.2) is 17.1 Å². The number of carbonyl (C=O) groups is 2. The monoisotopic (exact) mass is 469 g/mol. The lowest BCUT2D eigenvalue weighted by Gasteiger charge is -2.36. The van der Waals surface area contributed by atoms with E-state index in [-0.39, 0.29) is 41.3 Å². The molecular formula is C24H31N5O5. The maximum atomic E-state index is 13.1. The predicted octanol–water partition coefficient (Wildman–Crippen LogP) is 1.54. The summed E-state index contributed by atoms with van der Waals surface area (Å²) in [6.07, 6.45) is 8.96. The first-order valence-electron chi connectivity index (χ1n) is 12.0. The van der Waals surface area contributed by atoms with Gasteiger partial charge in [0.1, 0.15) is 5.65 Å². The minimum absolute atomic E-state index is 0.0509. The molecule has 0 aromatic carbocycles. The summed E-state index contributed by atoms with van der Waals surface area (Å²) in [5.41, 5.74) is -0.0820. The maximum absolute atomic E-state index is 13.1. The number of amides is 2. The summed E-state index contributed by atoms with van der Waals surface area (Å²) in [4.78, 5) is 40.5. The van der Waals surface area contributed by atoms with E-state index >= 15 is 0 Å². The molecule has 2 amide bonds. The molecule has 0 bridgehead atoms. The topological polar surface area (TPSA) is 118 Å². The fraction of sp³-hybridized carbons (Fsp3) is 0.583. The molecule has 2 aliphatic carbocycles. The SMILES string of the molecule is CC(C)Cn1c(O)c(C(=O)NC2CC2)c(=O)n2ncc(/C=C/CC(=O)N3CCOCC34CC4)c12. The second kappa shape index (κ2) is 8.57. The van der Waals surface area contributed by atoms with E-state index < -0.39 is 11.5 Å². The number of ether oxygens (including phenoxy) is 1. The minimum Gasteiger partial charge on any atom is -0.494 e. The van der Waals surface area contributed by atoms with E-state index in [0.717, 1.165) is 30.2 Å². The van der Waals surface area contributed by atoms with Crippen LogP contribution in [0.1, 0.15) is 61.9 Å². The fourth-order valence-corrected chi connectivity index (χ4v) is 4.63. The van der Waals surface area contributed by atoms with Crippen LogP contribution in [0.3, 0.4) is 0 Å². The summed E-state index contributed by atoms with van der Waals surface area (Å²) in [6, 6.07) is 0.0513. The molecule has 1 saturated heterocycles. The van der Waals surface area contributed by atoms with Gasteiger partial charge in [-0.15, -0.1) is 0 Å². The quantitative estimate of drug-likeness (QED) is 0.635. The van der Waals surface area contributed by atoms with Crippen molar-refractivity contribution in [2.24, 2.45) is 5.92 Å². The van der Waals surface area contributed by atoms with E-state index in [2.05, 4.69) is 10.4 Å². The molecule has 3 heterocycles. The minimum atomic E-state index is -0.662. The van der Waals surface area contributed by atoms with Gasteiger partial charge in [0.05, 0.1) is 24.9 Å². The van der Waals surface area contributed by atoms with E-state index in [0.29, 0.717) is 37.5 Å². The van der Waals surface area contributed by atoms with E-state index in [1.54, 1.807) is 16.7 Å². The third kappa shape index (κ3) is 4.11. The van der Waals surface area contributed by atoms with Gasteiger partial charge in [-0.3, -0.25) is 19.0 Å². The molecule has 10 heteroatoms. The number of aromatic nitrogens is 3. The van der Waals surface area contributed by atoms with E-state index in [1.807, 2.05) is 18.7 Å². The Morgan fingerprint density at radius 2 is 2.12 bits per heavy atom. The molecule has 2 aromatic heterocycles. The van der Waals surface area contributed by atoms with Crippen molar-refractivity contribution in [3.05, 3.63) is 33.8 Å². The van der Waals surface area contributed by atoms with E-state index in [1.165, 1.54) is 6.20 Å². The molecule has 0 radical (unpaired) electrons. The first kappa shape index (κ1) is 22.6. The van der Waals surface area contributed by atoms with Gasteiger partial charge in [-0.05, 0) is 31.6 Å². The lowest BCUT2D eigenvalue weighted by Crippen LogP contribution is -2.50. The molecule has 2 saturated carbocycles. The van der Waals surface area contributed by atoms with Crippen molar-refractivity contribution in [2.45, 2.75) is 64.1 Å². The second-order valence-electron chi connectivity index (χ2n) is 10.0. The molecule has 5 rings (SSSR count). The average Bonchev–Trinajstić information content (AvgIpc) is 3.71. The van der Waals surface area contributed by atoms with Crippen LogP contribution < -0.4 is 10.9 Å². The third-order valence-corrected chi connectivity index (χ3v) is 6.72. The molecule has 1 aliphatic heterocycles. The fourth-order valence-electron chi connectivity index (χ4n) is 4.63. The van der Waals surface area contributed by atoms with Crippen LogP contribution in [0.5, 0.6) is 5.88 Å². The number of fused-ring (bicyclic) bond motifs is 1. The van der Waals surface area contributed by atoms with Gasteiger partial charge in [0.2, 0.25) is 11.8 Å². The number of nitrogens with zero attached hydrogens (tertiary/aromatic N) is 4. The van der Waals surface area contributed by atoms with E-state index in [4.69, 9.17) is 4.74 Å². The Hall–Kier alpha value is -3.14. The summed E-state index contributed by atoms with van der Waals surface area (Å²) in [7, 11) is 0. The Kier molecular flexibility index (Phi) is 5.71. The smallest absolute Gasteiger partial charge is 0.291 e. The van der Waals surface area contributed by atoms with Crippen molar-refractivity contribution in [3.8, 4) is 5.88 Å². The highest BCUT2D eigenvalue weighted by atomic mass is 16.5. The third-order valence-electron chi connectivity index (χ3n) is 6.72. The number of aromatic hydroxyl groups is 1. The van der Waals surface area contributed by atoms with Gasteiger partial charge in [-0.2, -0.15) is 9.61 Å². The Balaban J connectivity index is 1.45. The van der Waals surface area contributed by atoms with Crippen molar-refractivity contribution in [3.63, 3.8) is 0 Å². The molecule has 182 valence electrons. The highest BCUT2D eigenvalue weighted by Gasteiger charge is 2.51. The molecule has 1 spiro atoms. The molecule has 2 N–H and O–H groups in total. The molecule has 0 atom stereocenters. The molecule has 10 nitrogen and oxygen atoms in total. The van der Waals surface area contributed by atoms with Gasteiger partial charge in [0.25, 0.3) is 11.5 Å². The standard InChI is InChI=1S/C24H31N5O5/c1-15(2)13-27-21-16(4-3-5-18(30)28-10-11-34-14-24(28)8-9-24)12-25-29(21)23(33)19(22(27)32)20(31)26-17-6-7-17/h3-4,12,15,17,32H,5-11,13-14H2,1-2H3,(H,26,31)/b4-3+. The number of hydrogen-bond donors (Lipinski definition) is 2. The van der Waals surface area contributed by atoms with Crippen LogP contribution in [-0.2, 0) is 16.1 Å². The Morgan fingerprint density at radius 1 is 1.35 bits per heavy atom. The highest BCUT2D eigenvalue weighted by molar-refractivity contribution is 5.96. The zero-order valence-electron chi connectivity index (χ0n) is 19.6. The summed E-state index contributed by atoms with van der Waals surface area (Å²) in [5, 5.41) is 18.0. The Morgan fingerprint density at radius 3 is 2.79 bits per heavy atom. The summed E-state index contributed by atoms with van der Waals surface area (Å²) in [6.45, 7) is 6.13. The number of nitrogens with one attached hydrogen (secondary N) is 1. The summed E-state index contributed by atoms with van der Waals surface area (Å²) < 4.78 is 8.27. The largest absolute Gasteiger partial charge is 0.494 e. The normalized spacial score (nSPS) is 19.4.